The van der Waals surface area contributed by atoms with Gasteiger partial charge in [0.1, 0.15) is 5.82 Å². The molecule has 0 aliphatic carbocycles. The van der Waals surface area contributed by atoms with Gasteiger partial charge in [-0.2, -0.15) is 4.52 Å². The number of benzene rings is 1. The zero-order valence-electron chi connectivity index (χ0n) is 15.6. The minimum atomic E-state index is -0.126. The van der Waals surface area contributed by atoms with E-state index in [2.05, 4.69) is 48.9 Å². The number of aromatic nitrogens is 4. The number of rotatable bonds is 4. The molecule has 0 atom stereocenters. The van der Waals surface area contributed by atoms with Gasteiger partial charge in [-0.05, 0) is 36.8 Å². The minimum absolute atomic E-state index is 0.126. The zero-order valence-corrected chi connectivity index (χ0v) is 15.6. The smallest absolute Gasteiger partial charge is 0.231 e. The summed E-state index contributed by atoms with van der Waals surface area (Å²) in [6, 6.07) is 10.0. The molecule has 136 valence electrons. The lowest BCUT2D eigenvalue weighted by atomic mass is 9.96. The zero-order chi connectivity index (χ0) is 18.3. The Morgan fingerprint density at radius 2 is 1.88 bits per heavy atom. The maximum atomic E-state index is 5.48. The second-order valence-corrected chi connectivity index (χ2v) is 7.44. The van der Waals surface area contributed by atoms with Crippen LogP contribution < -0.4 is 14.4 Å². The summed E-state index contributed by atoms with van der Waals surface area (Å²) in [4.78, 5) is 2.21. The highest BCUT2D eigenvalue weighted by Gasteiger charge is 2.22. The molecule has 26 heavy (non-hydrogen) atoms. The Hall–Kier alpha value is -2.83. The van der Waals surface area contributed by atoms with Gasteiger partial charge in [0.25, 0.3) is 0 Å². The number of nitrogens with zero attached hydrogens (tertiary/aromatic N) is 5. The number of fused-ring (bicyclic) bond motifs is 2. The highest BCUT2D eigenvalue weighted by molar-refractivity contribution is 5.49. The Bertz CT molecular complexity index is 945. The van der Waals surface area contributed by atoms with E-state index in [1.807, 2.05) is 28.8 Å². The quantitative estimate of drug-likeness (QED) is 0.718. The predicted octanol–water partition coefficient (Wildman–Crippen LogP) is 3.18. The van der Waals surface area contributed by atoms with E-state index in [9.17, 15) is 0 Å². The first-order valence-corrected chi connectivity index (χ1v) is 8.82. The summed E-state index contributed by atoms with van der Waals surface area (Å²) < 4.78 is 12.7. The molecule has 2 aromatic heterocycles. The average Bonchev–Trinajstić information content (AvgIpc) is 3.24. The molecule has 4 rings (SSSR count). The highest BCUT2D eigenvalue weighted by Crippen LogP contribution is 2.33. The number of ether oxygens (including phenoxy) is 2. The SMILES string of the molecule is CCN(Cc1ccc2c(c1)OCO2)c1ccc2nnc(C(C)(C)C)n2n1. The van der Waals surface area contributed by atoms with E-state index in [-0.39, 0.29) is 12.2 Å². The maximum Gasteiger partial charge on any atom is 0.231 e. The van der Waals surface area contributed by atoms with Crippen LogP contribution in [0, 0.1) is 0 Å². The summed E-state index contributed by atoms with van der Waals surface area (Å²) in [7, 11) is 0. The largest absolute Gasteiger partial charge is 0.454 e. The molecular weight excluding hydrogens is 330 g/mol. The van der Waals surface area contributed by atoms with Gasteiger partial charge in [-0.1, -0.05) is 26.8 Å². The maximum absolute atomic E-state index is 5.48. The van der Waals surface area contributed by atoms with Crippen LogP contribution in [0.15, 0.2) is 30.3 Å². The molecule has 1 aliphatic rings. The second kappa shape index (κ2) is 6.16. The van der Waals surface area contributed by atoms with Gasteiger partial charge in [-0.25, -0.2) is 0 Å². The van der Waals surface area contributed by atoms with Gasteiger partial charge in [0.05, 0.1) is 0 Å². The van der Waals surface area contributed by atoms with Crippen LogP contribution in [0.1, 0.15) is 39.1 Å². The van der Waals surface area contributed by atoms with Gasteiger partial charge in [0, 0.05) is 18.5 Å². The first-order valence-electron chi connectivity index (χ1n) is 8.82. The Morgan fingerprint density at radius 3 is 2.65 bits per heavy atom. The van der Waals surface area contributed by atoms with Crippen LogP contribution in [0.3, 0.4) is 0 Å². The Balaban J connectivity index is 1.66. The van der Waals surface area contributed by atoms with Gasteiger partial charge in [-0.3, -0.25) is 0 Å². The van der Waals surface area contributed by atoms with Gasteiger partial charge < -0.3 is 14.4 Å². The van der Waals surface area contributed by atoms with E-state index in [0.29, 0.717) is 0 Å². The Kier molecular flexibility index (Phi) is 3.94. The van der Waals surface area contributed by atoms with E-state index in [1.165, 1.54) is 0 Å². The third kappa shape index (κ3) is 2.94. The first kappa shape index (κ1) is 16.6. The van der Waals surface area contributed by atoms with Gasteiger partial charge in [0.2, 0.25) is 6.79 Å². The highest BCUT2D eigenvalue weighted by atomic mass is 16.7. The Labute approximate surface area is 152 Å². The second-order valence-electron chi connectivity index (χ2n) is 7.44. The molecule has 0 saturated heterocycles. The van der Waals surface area contributed by atoms with Crippen LogP contribution in [-0.4, -0.2) is 33.1 Å². The summed E-state index contributed by atoms with van der Waals surface area (Å²) >= 11 is 0. The van der Waals surface area contributed by atoms with Gasteiger partial charge in [0.15, 0.2) is 23.0 Å². The van der Waals surface area contributed by atoms with E-state index in [0.717, 1.165) is 47.4 Å². The summed E-state index contributed by atoms with van der Waals surface area (Å²) in [5, 5.41) is 13.4. The van der Waals surface area contributed by atoms with E-state index < -0.39 is 0 Å². The van der Waals surface area contributed by atoms with Crippen molar-refractivity contribution >= 4 is 11.5 Å². The van der Waals surface area contributed by atoms with Crippen molar-refractivity contribution in [3.63, 3.8) is 0 Å². The molecule has 1 aromatic carbocycles. The molecule has 0 N–H and O–H groups in total. The lowest BCUT2D eigenvalue weighted by Gasteiger charge is -2.23. The summed E-state index contributed by atoms with van der Waals surface area (Å²) in [5.41, 5.74) is 1.79. The predicted molar refractivity (Wildman–Crippen MR) is 98.8 cm³/mol. The normalized spacial score (nSPS) is 13.4. The molecule has 0 saturated carbocycles. The van der Waals surface area contributed by atoms with Crippen molar-refractivity contribution in [2.24, 2.45) is 0 Å². The molecule has 0 radical (unpaired) electrons. The van der Waals surface area contributed by atoms with Crippen LogP contribution in [-0.2, 0) is 12.0 Å². The molecule has 7 nitrogen and oxygen atoms in total. The van der Waals surface area contributed by atoms with Crippen molar-refractivity contribution in [3.05, 3.63) is 41.7 Å². The van der Waals surface area contributed by atoms with Crippen LogP contribution in [0.5, 0.6) is 11.5 Å². The van der Waals surface area contributed by atoms with Crippen LogP contribution in [0.25, 0.3) is 5.65 Å². The molecule has 3 aromatic rings. The molecule has 7 heteroatoms. The fraction of sp³-hybridized carbons (Fsp3) is 0.421. The third-order valence-corrected chi connectivity index (χ3v) is 4.44. The van der Waals surface area contributed by atoms with E-state index in [4.69, 9.17) is 14.6 Å². The van der Waals surface area contributed by atoms with Crippen molar-refractivity contribution < 1.29 is 9.47 Å². The van der Waals surface area contributed by atoms with Crippen molar-refractivity contribution in [1.82, 2.24) is 19.8 Å². The molecule has 1 aliphatic heterocycles. The topological polar surface area (TPSA) is 64.8 Å². The molecular formula is C19H23N5O2. The minimum Gasteiger partial charge on any atom is -0.454 e. The van der Waals surface area contributed by atoms with Gasteiger partial charge in [-0.15, -0.1) is 15.3 Å². The number of hydrogen-bond acceptors (Lipinski definition) is 6. The van der Waals surface area contributed by atoms with Crippen molar-refractivity contribution in [3.8, 4) is 11.5 Å². The van der Waals surface area contributed by atoms with Crippen molar-refractivity contribution in [2.45, 2.75) is 39.7 Å². The van der Waals surface area contributed by atoms with E-state index >= 15 is 0 Å². The first-order chi connectivity index (χ1) is 12.5. The lowest BCUT2D eigenvalue weighted by Crippen LogP contribution is -2.24. The Morgan fingerprint density at radius 1 is 1.08 bits per heavy atom. The average molecular weight is 353 g/mol. The number of hydrogen-bond donors (Lipinski definition) is 0. The van der Waals surface area contributed by atoms with Gasteiger partial charge >= 0.3 is 0 Å². The molecule has 0 fully saturated rings. The third-order valence-electron chi connectivity index (χ3n) is 4.44. The molecule has 0 bridgehead atoms. The monoisotopic (exact) mass is 353 g/mol. The lowest BCUT2D eigenvalue weighted by molar-refractivity contribution is 0.174. The van der Waals surface area contributed by atoms with E-state index in [1.54, 1.807) is 0 Å². The molecule has 0 spiro atoms. The fourth-order valence-electron chi connectivity index (χ4n) is 3.03. The fourth-order valence-corrected chi connectivity index (χ4v) is 3.03. The standard InChI is InChI=1S/C19H23N5O2/c1-5-23(11-13-6-7-14-15(10-13)26-12-25-14)17-9-8-16-20-21-18(19(2,3)4)24(16)22-17/h6-10H,5,11-12H2,1-4H3. The van der Waals surface area contributed by atoms with Crippen molar-refractivity contribution in [1.29, 1.82) is 0 Å². The van der Waals surface area contributed by atoms with Crippen LogP contribution in [0.4, 0.5) is 5.82 Å². The molecule has 3 heterocycles. The summed E-state index contributed by atoms with van der Waals surface area (Å²) in [6.45, 7) is 10.3. The summed E-state index contributed by atoms with van der Waals surface area (Å²) in [5.74, 6) is 3.35. The molecule has 0 unspecified atom stereocenters. The van der Waals surface area contributed by atoms with Crippen LogP contribution in [0.2, 0.25) is 0 Å². The van der Waals surface area contributed by atoms with Crippen LogP contribution >= 0.6 is 0 Å². The number of anilines is 1. The summed E-state index contributed by atoms with van der Waals surface area (Å²) in [6.07, 6.45) is 0. The molecule has 0 amide bonds. The van der Waals surface area contributed by atoms with Crippen molar-refractivity contribution in [2.75, 3.05) is 18.2 Å².